The Morgan fingerprint density at radius 2 is 1.93 bits per heavy atom. The van der Waals surface area contributed by atoms with Gasteiger partial charge in [0.1, 0.15) is 5.82 Å². The molecular formula is C23H23N5O. The third-order valence-electron chi connectivity index (χ3n) is 4.81. The van der Waals surface area contributed by atoms with Crippen molar-refractivity contribution >= 4 is 22.6 Å². The molecule has 6 nitrogen and oxygen atoms in total. The monoisotopic (exact) mass is 385 g/mol. The molecule has 0 atom stereocenters. The quantitative estimate of drug-likeness (QED) is 0.451. The average Bonchev–Trinajstić information content (AvgIpc) is 3.16. The fourth-order valence-electron chi connectivity index (χ4n) is 3.31. The van der Waals surface area contributed by atoms with Crippen LogP contribution in [0, 0.1) is 6.92 Å². The van der Waals surface area contributed by atoms with Crippen LogP contribution in [0.15, 0.2) is 66.9 Å². The van der Waals surface area contributed by atoms with Crippen molar-refractivity contribution < 1.29 is 4.79 Å². The molecule has 4 aromatic rings. The van der Waals surface area contributed by atoms with Gasteiger partial charge in [-0.3, -0.25) is 4.79 Å². The van der Waals surface area contributed by atoms with E-state index in [9.17, 15) is 4.79 Å². The second kappa shape index (κ2) is 8.56. The van der Waals surface area contributed by atoms with Crippen molar-refractivity contribution in [1.29, 1.82) is 0 Å². The van der Waals surface area contributed by atoms with Crippen LogP contribution in [0.1, 0.15) is 27.2 Å². The van der Waals surface area contributed by atoms with Gasteiger partial charge in [-0.15, -0.1) is 10.2 Å². The van der Waals surface area contributed by atoms with E-state index in [0.717, 1.165) is 24.0 Å². The zero-order valence-electron chi connectivity index (χ0n) is 16.3. The fourth-order valence-corrected chi connectivity index (χ4v) is 3.31. The molecule has 0 radical (unpaired) electrons. The van der Waals surface area contributed by atoms with Crippen LogP contribution in [0.3, 0.4) is 0 Å². The molecule has 6 heteroatoms. The number of amides is 1. The first-order valence-corrected chi connectivity index (χ1v) is 9.65. The number of fused-ring (bicyclic) bond motifs is 1. The molecule has 2 aromatic carbocycles. The lowest BCUT2D eigenvalue weighted by molar-refractivity contribution is 0.0945. The highest BCUT2D eigenvalue weighted by atomic mass is 16.1. The van der Waals surface area contributed by atoms with Crippen LogP contribution in [0.5, 0.6) is 0 Å². The maximum Gasteiger partial charge on any atom is 0.272 e. The Hall–Kier alpha value is -3.67. The maximum atomic E-state index is 12.3. The molecular weight excluding hydrogens is 362 g/mol. The lowest BCUT2D eigenvalue weighted by Gasteiger charge is -2.07. The first-order valence-electron chi connectivity index (χ1n) is 9.65. The van der Waals surface area contributed by atoms with Crippen molar-refractivity contribution in [3.8, 4) is 0 Å². The molecule has 0 bridgehead atoms. The number of rotatable bonds is 7. The standard InChI is InChI=1S/C23H23N5O/c1-16-5-4-6-17(13-16)14-26-23(29)21-9-10-22(28-27-21)24-12-11-18-15-25-20-8-3-2-7-19(18)20/h2-10,13,15,25H,11-12,14H2,1H3,(H,24,28)(H,26,29). The fraction of sp³-hybridized carbons (Fsp3) is 0.174. The molecule has 4 rings (SSSR count). The number of carbonyl (C=O) groups excluding carboxylic acids is 1. The van der Waals surface area contributed by atoms with E-state index in [1.54, 1.807) is 12.1 Å². The van der Waals surface area contributed by atoms with E-state index in [-0.39, 0.29) is 5.91 Å². The predicted octanol–water partition coefficient (Wildman–Crippen LogP) is 3.85. The van der Waals surface area contributed by atoms with Gasteiger partial charge in [0.15, 0.2) is 5.69 Å². The molecule has 2 aromatic heterocycles. The highest BCUT2D eigenvalue weighted by Crippen LogP contribution is 2.18. The van der Waals surface area contributed by atoms with Crippen LogP contribution in [-0.4, -0.2) is 27.6 Å². The predicted molar refractivity (Wildman–Crippen MR) is 115 cm³/mol. The average molecular weight is 385 g/mol. The second-order valence-electron chi connectivity index (χ2n) is 7.01. The molecule has 0 aliphatic carbocycles. The number of hydrogen-bond acceptors (Lipinski definition) is 4. The first-order chi connectivity index (χ1) is 14.2. The van der Waals surface area contributed by atoms with E-state index in [1.165, 1.54) is 16.5 Å². The number of carbonyl (C=O) groups is 1. The molecule has 0 saturated heterocycles. The Labute approximate surface area is 169 Å². The van der Waals surface area contributed by atoms with Crippen LogP contribution < -0.4 is 10.6 Å². The summed E-state index contributed by atoms with van der Waals surface area (Å²) >= 11 is 0. The SMILES string of the molecule is Cc1cccc(CNC(=O)c2ccc(NCCc3c[nH]c4ccccc34)nn2)c1. The van der Waals surface area contributed by atoms with Gasteiger partial charge in [0.2, 0.25) is 0 Å². The molecule has 29 heavy (non-hydrogen) atoms. The number of nitrogens with zero attached hydrogens (tertiary/aromatic N) is 2. The molecule has 0 aliphatic heterocycles. The number of aromatic nitrogens is 3. The Balaban J connectivity index is 1.29. The number of benzene rings is 2. The van der Waals surface area contributed by atoms with Gasteiger partial charge >= 0.3 is 0 Å². The minimum Gasteiger partial charge on any atom is -0.368 e. The van der Waals surface area contributed by atoms with E-state index < -0.39 is 0 Å². The number of nitrogens with one attached hydrogen (secondary N) is 3. The Bertz CT molecular complexity index is 1120. The summed E-state index contributed by atoms with van der Waals surface area (Å²) in [6.07, 6.45) is 2.91. The van der Waals surface area contributed by atoms with Gasteiger partial charge in [0.25, 0.3) is 5.91 Å². The maximum absolute atomic E-state index is 12.3. The number of anilines is 1. The van der Waals surface area contributed by atoms with Crippen LogP contribution >= 0.6 is 0 Å². The first kappa shape index (κ1) is 18.7. The van der Waals surface area contributed by atoms with Gasteiger partial charge in [-0.25, -0.2) is 0 Å². The van der Waals surface area contributed by atoms with Crippen molar-refractivity contribution in [2.75, 3.05) is 11.9 Å². The van der Waals surface area contributed by atoms with Crippen LogP contribution in [0.25, 0.3) is 10.9 Å². The Morgan fingerprint density at radius 1 is 1.03 bits per heavy atom. The molecule has 3 N–H and O–H groups in total. The van der Waals surface area contributed by atoms with Crippen LogP contribution in [0.2, 0.25) is 0 Å². The molecule has 2 heterocycles. The topological polar surface area (TPSA) is 82.7 Å². The number of hydrogen-bond donors (Lipinski definition) is 3. The van der Waals surface area contributed by atoms with Crippen molar-refractivity contribution in [2.24, 2.45) is 0 Å². The third kappa shape index (κ3) is 4.60. The highest BCUT2D eigenvalue weighted by Gasteiger charge is 2.08. The lowest BCUT2D eigenvalue weighted by Crippen LogP contribution is -2.24. The number of H-pyrrole nitrogens is 1. The lowest BCUT2D eigenvalue weighted by atomic mass is 10.1. The Morgan fingerprint density at radius 3 is 2.76 bits per heavy atom. The normalized spacial score (nSPS) is 10.8. The molecule has 0 spiro atoms. The molecule has 0 aliphatic rings. The van der Waals surface area contributed by atoms with Gasteiger partial charge in [0.05, 0.1) is 0 Å². The van der Waals surface area contributed by atoms with Crippen molar-refractivity contribution in [2.45, 2.75) is 19.9 Å². The smallest absolute Gasteiger partial charge is 0.272 e. The third-order valence-corrected chi connectivity index (χ3v) is 4.81. The van der Waals surface area contributed by atoms with E-state index in [2.05, 4.69) is 37.9 Å². The van der Waals surface area contributed by atoms with Crippen LogP contribution in [0.4, 0.5) is 5.82 Å². The second-order valence-corrected chi connectivity index (χ2v) is 7.01. The zero-order valence-corrected chi connectivity index (χ0v) is 16.3. The van der Waals surface area contributed by atoms with Gasteiger partial charge in [-0.05, 0) is 42.7 Å². The number of aryl methyl sites for hydroxylation is 1. The molecule has 0 fully saturated rings. The Kier molecular flexibility index (Phi) is 5.52. The van der Waals surface area contributed by atoms with Gasteiger partial charge in [-0.1, -0.05) is 48.0 Å². The zero-order chi connectivity index (χ0) is 20.1. The molecule has 0 unspecified atom stereocenters. The van der Waals surface area contributed by atoms with E-state index >= 15 is 0 Å². The van der Waals surface area contributed by atoms with Crippen LogP contribution in [-0.2, 0) is 13.0 Å². The molecule has 146 valence electrons. The van der Waals surface area contributed by atoms with Gasteiger partial charge in [-0.2, -0.15) is 0 Å². The summed E-state index contributed by atoms with van der Waals surface area (Å²) in [7, 11) is 0. The van der Waals surface area contributed by atoms with E-state index in [4.69, 9.17) is 0 Å². The number of para-hydroxylation sites is 1. The van der Waals surface area contributed by atoms with Crippen molar-refractivity contribution in [3.05, 3.63) is 89.2 Å². The van der Waals surface area contributed by atoms with Crippen molar-refractivity contribution in [1.82, 2.24) is 20.5 Å². The van der Waals surface area contributed by atoms with Crippen molar-refractivity contribution in [3.63, 3.8) is 0 Å². The summed E-state index contributed by atoms with van der Waals surface area (Å²) in [6.45, 7) is 3.23. The summed E-state index contributed by atoms with van der Waals surface area (Å²) in [5.41, 5.74) is 4.93. The summed E-state index contributed by atoms with van der Waals surface area (Å²) in [6, 6.07) is 19.8. The van der Waals surface area contributed by atoms with E-state index in [1.807, 2.05) is 49.5 Å². The minimum absolute atomic E-state index is 0.232. The summed E-state index contributed by atoms with van der Waals surface area (Å²) in [5.74, 6) is 0.421. The number of aromatic amines is 1. The summed E-state index contributed by atoms with van der Waals surface area (Å²) in [5, 5.41) is 15.5. The largest absolute Gasteiger partial charge is 0.368 e. The minimum atomic E-state index is -0.232. The summed E-state index contributed by atoms with van der Waals surface area (Å²) < 4.78 is 0. The van der Waals surface area contributed by atoms with Gasteiger partial charge < -0.3 is 15.6 Å². The molecule has 1 amide bonds. The van der Waals surface area contributed by atoms with E-state index in [0.29, 0.717) is 18.1 Å². The van der Waals surface area contributed by atoms with Gasteiger partial charge in [0, 0.05) is 30.2 Å². The summed E-state index contributed by atoms with van der Waals surface area (Å²) in [4.78, 5) is 15.6. The highest BCUT2D eigenvalue weighted by molar-refractivity contribution is 5.92. The molecule has 0 saturated carbocycles.